The molecule has 13 heavy (non-hydrogen) atoms. The van der Waals surface area contributed by atoms with Crippen LogP contribution in [-0.4, -0.2) is 22.1 Å². The first kappa shape index (κ1) is 9.88. The van der Waals surface area contributed by atoms with Gasteiger partial charge in [-0.25, -0.2) is 0 Å². The molecule has 1 unspecified atom stereocenters. The van der Waals surface area contributed by atoms with Gasteiger partial charge >= 0.3 is 0 Å². The number of hydrogen-bond acceptors (Lipinski definition) is 3. The third-order valence-corrected chi connectivity index (χ3v) is 2.27. The van der Waals surface area contributed by atoms with E-state index in [9.17, 15) is 13.6 Å². The average Bonchev–Trinajstić information content (AvgIpc) is 2.16. The highest BCUT2D eigenvalue weighted by molar-refractivity contribution is 7.80. The second-order valence-electron chi connectivity index (χ2n) is 2.39. The van der Waals surface area contributed by atoms with Gasteiger partial charge in [0.1, 0.15) is 0 Å². The van der Waals surface area contributed by atoms with Gasteiger partial charge in [0.2, 0.25) is 0 Å². The van der Waals surface area contributed by atoms with Crippen molar-refractivity contribution in [1.82, 2.24) is 0 Å². The van der Waals surface area contributed by atoms with E-state index in [-0.39, 0.29) is 0 Å². The molecule has 0 aliphatic carbocycles. The Morgan fingerprint density at radius 2 is 2.08 bits per heavy atom. The molecule has 0 amide bonds. The van der Waals surface area contributed by atoms with E-state index in [2.05, 4.69) is 0 Å². The molecule has 0 spiro atoms. The maximum absolute atomic E-state index is 10.6. The van der Waals surface area contributed by atoms with E-state index in [0.29, 0.717) is 17.5 Å². The van der Waals surface area contributed by atoms with Crippen molar-refractivity contribution >= 4 is 23.2 Å². The van der Waals surface area contributed by atoms with Crippen LogP contribution in [0.25, 0.3) is 0 Å². The van der Waals surface area contributed by atoms with Crippen molar-refractivity contribution in [3.8, 4) is 0 Å². The van der Waals surface area contributed by atoms with Gasteiger partial charge in [-0.1, -0.05) is 12.1 Å². The number of carbonyl (C=O) groups excluding carboxylic acids is 1. The fraction of sp³-hybridized carbons (Fsp3) is 0.125. The number of benzene rings is 1. The molecule has 0 saturated heterocycles. The summed E-state index contributed by atoms with van der Waals surface area (Å²) < 4.78 is 22.2. The maximum atomic E-state index is 10.6. The Morgan fingerprint density at radius 1 is 1.46 bits per heavy atom. The molecule has 4 nitrogen and oxygen atoms in total. The second kappa shape index (κ2) is 4.15. The monoisotopic (exact) mass is 198 g/mol. The van der Waals surface area contributed by atoms with E-state index in [1.807, 2.05) is 0 Å². The van der Waals surface area contributed by atoms with Gasteiger partial charge in [0, 0.05) is 23.9 Å². The molecule has 5 heteroatoms. The van der Waals surface area contributed by atoms with E-state index in [4.69, 9.17) is 0 Å². The highest BCUT2D eigenvalue weighted by Crippen LogP contribution is 2.17. The van der Waals surface area contributed by atoms with Crippen LogP contribution in [0.5, 0.6) is 0 Å². The summed E-state index contributed by atoms with van der Waals surface area (Å²) in [4.78, 5) is 10.5. The standard InChI is InChI=1S/C8H9NO3S/c1-9(13(11)12)8-5-3-2-4-7(8)6-10/h2-6H,1H3,(H,11,12)/p-1. The highest BCUT2D eigenvalue weighted by atomic mass is 32.2. The zero-order chi connectivity index (χ0) is 9.84. The smallest absolute Gasteiger partial charge is 0.152 e. The molecule has 0 N–H and O–H groups in total. The minimum absolute atomic E-state index is 0.356. The molecule has 0 aromatic heterocycles. The second-order valence-corrected chi connectivity index (χ2v) is 3.37. The summed E-state index contributed by atoms with van der Waals surface area (Å²) in [5, 5.41) is 0. The van der Waals surface area contributed by atoms with Crippen molar-refractivity contribution in [2.24, 2.45) is 0 Å². The molecule has 1 rings (SSSR count). The number of carbonyl (C=O) groups is 1. The Hall–Kier alpha value is -1.20. The van der Waals surface area contributed by atoms with Crippen molar-refractivity contribution in [3.05, 3.63) is 29.8 Å². The SMILES string of the molecule is CN(c1ccccc1C=O)S(=O)[O-]. The lowest BCUT2D eigenvalue weighted by atomic mass is 10.2. The quantitative estimate of drug-likeness (QED) is 0.531. The third kappa shape index (κ3) is 2.13. The van der Waals surface area contributed by atoms with E-state index in [1.54, 1.807) is 24.3 Å². The number of para-hydroxylation sites is 1. The number of nitrogens with zero attached hydrogens (tertiary/aromatic N) is 1. The highest BCUT2D eigenvalue weighted by Gasteiger charge is 2.05. The normalized spacial score (nSPS) is 12.2. The summed E-state index contributed by atoms with van der Waals surface area (Å²) in [5.41, 5.74) is 0.736. The molecule has 0 fully saturated rings. The van der Waals surface area contributed by atoms with Gasteiger partial charge in [-0.15, -0.1) is 0 Å². The molecule has 0 radical (unpaired) electrons. The van der Waals surface area contributed by atoms with Crippen molar-refractivity contribution in [2.75, 3.05) is 11.4 Å². The van der Waals surface area contributed by atoms with Gasteiger partial charge < -0.3 is 8.86 Å². The van der Waals surface area contributed by atoms with Crippen molar-refractivity contribution in [1.29, 1.82) is 0 Å². The first-order chi connectivity index (χ1) is 6.16. The topological polar surface area (TPSA) is 60.4 Å². The van der Waals surface area contributed by atoms with Crippen LogP contribution in [0.1, 0.15) is 10.4 Å². The molecule has 0 aliphatic rings. The predicted molar refractivity (Wildman–Crippen MR) is 49.2 cm³/mol. The number of rotatable bonds is 3. The van der Waals surface area contributed by atoms with E-state index >= 15 is 0 Å². The maximum Gasteiger partial charge on any atom is 0.152 e. The van der Waals surface area contributed by atoms with Crippen LogP contribution in [0.4, 0.5) is 5.69 Å². The van der Waals surface area contributed by atoms with Gasteiger partial charge in [0.15, 0.2) is 6.29 Å². The number of anilines is 1. The van der Waals surface area contributed by atoms with Crippen molar-refractivity contribution in [2.45, 2.75) is 0 Å². The van der Waals surface area contributed by atoms with Gasteiger partial charge in [-0.2, -0.15) is 0 Å². The Balaban J connectivity index is 3.12. The Labute approximate surface area is 78.6 Å². The summed E-state index contributed by atoms with van der Waals surface area (Å²) >= 11 is -2.35. The van der Waals surface area contributed by atoms with Gasteiger partial charge in [0.05, 0.1) is 5.69 Å². The minimum Gasteiger partial charge on any atom is -0.755 e. The molecule has 0 saturated carbocycles. The first-order valence-electron chi connectivity index (χ1n) is 3.54. The van der Waals surface area contributed by atoms with Crippen LogP contribution >= 0.6 is 0 Å². The molecule has 0 aliphatic heterocycles. The Bertz CT molecular complexity index is 340. The lowest BCUT2D eigenvalue weighted by Gasteiger charge is -2.22. The van der Waals surface area contributed by atoms with Crippen LogP contribution in [-0.2, 0) is 11.3 Å². The molecule has 1 aromatic carbocycles. The summed E-state index contributed by atoms with van der Waals surface area (Å²) in [6.45, 7) is 0. The number of aldehydes is 1. The van der Waals surface area contributed by atoms with E-state index < -0.39 is 11.3 Å². The lowest BCUT2D eigenvalue weighted by Crippen LogP contribution is -2.20. The summed E-state index contributed by atoms with van der Waals surface area (Å²) in [6, 6.07) is 6.48. The molecule has 1 aromatic rings. The summed E-state index contributed by atoms with van der Waals surface area (Å²) in [6.07, 6.45) is 0.624. The Morgan fingerprint density at radius 3 is 2.62 bits per heavy atom. The molecule has 0 bridgehead atoms. The third-order valence-electron chi connectivity index (χ3n) is 1.63. The summed E-state index contributed by atoms with van der Waals surface area (Å²) in [7, 11) is 1.38. The predicted octanol–water partition coefficient (Wildman–Crippen LogP) is 0.729. The fourth-order valence-corrected chi connectivity index (χ4v) is 1.28. The average molecular weight is 198 g/mol. The van der Waals surface area contributed by atoms with E-state index in [1.165, 1.54) is 7.05 Å². The fourth-order valence-electron chi connectivity index (χ4n) is 0.954. The minimum atomic E-state index is -2.35. The van der Waals surface area contributed by atoms with Gasteiger partial charge in [-0.3, -0.25) is 9.00 Å². The molecular formula is C8H8NO3S-. The first-order valence-corrected chi connectivity index (χ1v) is 4.57. The number of hydrogen-bond donors (Lipinski definition) is 0. The molecule has 70 valence electrons. The zero-order valence-electron chi connectivity index (χ0n) is 6.97. The van der Waals surface area contributed by atoms with Gasteiger partial charge in [0.25, 0.3) is 0 Å². The zero-order valence-corrected chi connectivity index (χ0v) is 7.78. The van der Waals surface area contributed by atoms with Crippen LogP contribution in [0.3, 0.4) is 0 Å². The summed E-state index contributed by atoms with van der Waals surface area (Å²) in [5.74, 6) is 0. The van der Waals surface area contributed by atoms with Crippen LogP contribution in [0.15, 0.2) is 24.3 Å². The van der Waals surface area contributed by atoms with Crippen LogP contribution < -0.4 is 4.31 Å². The molecular weight excluding hydrogens is 190 g/mol. The van der Waals surface area contributed by atoms with Crippen molar-refractivity contribution in [3.63, 3.8) is 0 Å². The molecule has 0 heterocycles. The van der Waals surface area contributed by atoms with Crippen LogP contribution in [0.2, 0.25) is 0 Å². The Kier molecular flexibility index (Phi) is 3.16. The largest absolute Gasteiger partial charge is 0.755 e. The molecule has 1 atom stereocenters. The van der Waals surface area contributed by atoms with E-state index in [0.717, 1.165) is 4.31 Å². The van der Waals surface area contributed by atoms with Gasteiger partial charge in [-0.05, 0) is 12.1 Å². The lowest BCUT2D eigenvalue weighted by molar-refractivity contribution is 0.112. The van der Waals surface area contributed by atoms with Crippen LogP contribution in [0, 0.1) is 0 Å². The van der Waals surface area contributed by atoms with Crippen molar-refractivity contribution < 1.29 is 13.6 Å².